The summed E-state index contributed by atoms with van der Waals surface area (Å²) in [6.45, 7) is 8.22. The Bertz CT molecular complexity index is 1390. The highest BCUT2D eigenvalue weighted by molar-refractivity contribution is 5.99. The van der Waals surface area contributed by atoms with E-state index in [9.17, 15) is 9.59 Å². The Labute approximate surface area is 203 Å². The van der Waals surface area contributed by atoms with E-state index < -0.39 is 11.9 Å². The molecule has 10 nitrogen and oxygen atoms in total. The number of aryl methyl sites for hydroxylation is 1. The zero-order valence-corrected chi connectivity index (χ0v) is 20.0. The average Bonchev–Trinajstić information content (AvgIpc) is 3.38. The fourth-order valence-electron chi connectivity index (χ4n) is 3.53. The number of benzene rings is 2. The first kappa shape index (κ1) is 23.6. The van der Waals surface area contributed by atoms with Crippen molar-refractivity contribution in [1.82, 2.24) is 19.3 Å². The van der Waals surface area contributed by atoms with Crippen molar-refractivity contribution in [2.45, 2.75) is 33.1 Å². The van der Waals surface area contributed by atoms with E-state index in [1.807, 2.05) is 37.3 Å². The summed E-state index contributed by atoms with van der Waals surface area (Å²) in [4.78, 5) is 28.2. The maximum absolute atomic E-state index is 12.8. The zero-order valence-electron chi connectivity index (χ0n) is 20.0. The molecule has 3 amide bonds. The Kier molecular flexibility index (Phi) is 6.04. The van der Waals surface area contributed by atoms with Gasteiger partial charge < -0.3 is 16.8 Å². The number of carbonyl (C=O) groups excluding carboxylic acids is 2. The predicted molar refractivity (Wildman–Crippen MR) is 136 cm³/mol. The number of nitrogens with one attached hydrogen (secondary N) is 2. The highest BCUT2D eigenvalue weighted by Gasteiger charge is 2.22. The van der Waals surface area contributed by atoms with Gasteiger partial charge in [-0.25, -0.2) is 14.5 Å². The highest BCUT2D eigenvalue weighted by atomic mass is 16.2. The molecule has 0 bridgehead atoms. The van der Waals surface area contributed by atoms with E-state index in [0.29, 0.717) is 17.2 Å². The quantitative estimate of drug-likeness (QED) is 0.347. The number of primary amides is 1. The minimum absolute atomic E-state index is 0.00595. The van der Waals surface area contributed by atoms with Crippen LogP contribution in [-0.4, -0.2) is 31.3 Å². The molecule has 4 aromatic rings. The molecule has 0 fully saturated rings. The first-order chi connectivity index (χ1) is 16.5. The van der Waals surface area contributed by atoms with Crippen molar-refractivity contribution in [1.29, 1.82) is 0 Å². The molecular weight excluding hydrogens is 444 g/mol. The number of amides is 3. The summed E-state index contributed by atoms with van der Waals surface area (Å²) in [5.41, 5.74) is 15.1. The molecule has 0 aliphatic heterocycles. The van der Waals surface area contributed by atoms with Crippen LogP contribution in [-0.2, 0) is 5.41 Å². The molecule has 6 N–H and O–H groups in total. The molecule has 0 unspecified atom stereocenters. The number of carbonyl (C=O) groups is 2. The standard InChI is InChI=1S/C25H28N8O2/c1-15-6-5-7-18(12-15)33-20(13-19(31-33)25(2,3)4)30-24(35)29-16-8-10-17(11-9-16)32-14-28-21(22(32)26)23(27)34/h5-14H,26H2,1-4H3,(H2,27,34)(H2,29,30,35). The van der Waals surface area contributed by atoms with Crippen LogP contribution in [0.15, 0.2) is 60.9 Å². The predicted octanol–water partition coefficient (Wildman–Crippen LogP) is 3.99. The lowest BCUT2D eigenvalue weighted by Gasteiger charge is -2.14. The number of rotatable bonds is 5. The van der Waals surface area contributed by atoms with Gasteiger partial charge in [-0.05, 0) is 48.9 Å². The number of hydrogen-bond acceptors (Lipinski definition) is 5. The molecule has 2 aromatic heterocycles. The van der Waals surface area contributed by atoms with Crippen LogP contribution < -0.4 is 22.1 Å². The van der Waals surface area contributed by atoms with Crippen molar-refractivity contribution in [3.63, 3.8) is 0 Å². The molecule has 0 saturated heterocycles. The molecule has 0 aliphatic rings. The largest absolute Gasteiger partial charge is 0.383 e. The number of urea groups is 1. The van der Waals surface area contributed by atoms with Crippen molar-refractivity contribution in [3.05, 3.63) is 77.9 Å². The van der Waals surface area contributed by atoms with Crippen LogP contribution in [0.25, 0.3) is 11.4 Å². The average molecular weight is 473 g/mol. The van der Waals surface area contributed by atoms with Gasteiger partial charge in [0.05, 0.1) is 11.4 Å². The van der Waals surface area contributed by atoms with Gasteiger partial charge in [-0.3, -0.25) is 14.7 Å². The molecule has 0 radical (unpaired) electrons. The van der Waals surface area contributed by atoms with Crippen LogP contribution in [0.3, 0.4) is 0 Å². The van der Waals surface area contributed by atoms with Crippen LogP contribution in [0.2, 0.25) is 0 Å². The first-order valence-corrected chi connectivity index (χ1v) is 11.0. The Morgan fingerprint density at radius 1 is 0.971 bits per heavy atom. The lowest BCUT2D eigenvalue weighted by Crippen LogP contribution is -2.21. The van der Waals surface area contributed by atoms with Crippen molar-refractivity contribution in [2.24, 2.45) is 5.73 Å². The number of nitrogens with two attached hydrogens (primary N) is 2. The number of aromatic nitrogens is 4. The third-order valence-electron chi connectivity index (χ3n) is 5.41. The fourth-order valence-corrected chi connectivity index (χ4v) is 3.53. The highest BCUT2D eigenvalue weighted by Crippen LogP contribution is 2.27. The van der Waals surface area contributed by atoms with Crippen LogP contribution >= 0.6 is 0 Å². The van der Waals surface area contributed by atoms with Gasteiger partial charge in [0.15, 0.2) is 5.69 Å². The lowest BCUT2D eigenvalue weighted by molar-refractivity contribution is 0.0997. The van der Waals surface area contributed by atoms with E-state index in [1.54, 1.807) is 33.5 Å². The molecule has 0 saturated carbocycles. The minimum atomic E-state index is -0.698. The van der Waals surface area contributed by atoms with Crippen LogP contribution in [0.1, 0.15) is 42.5 Å². The lowest BCUT2D eigenvalue weighted by atomic mass is 9.92. The molecule has 4 rings (SSSR count). The Balaban J connectivity index is 1.54. The van der Waals surface area contributed by atoms with E-state index >= 15 is 0 Å². The van der Waals surface area contributed by atoms with Gasteiger partial charge in [-0.15, -0.1) is 0 Å². The molecule has 35 heavy (non-hydrogen) atoms. The molecule has 0 atom stereocenters. The SMILES string of the molecule is Cc1cccc(-n2nc(C(C)(C)C)cc2NC(=O)Nc2ccc(-n3cnc(C(N)=O)c3N)cc2)c1. The smallest absolute Gasteiger partial charge is 0.324 e. The number of hydrogen-bond donors (Lipinski definition) is 4. The van der Waals surface area contributed by atoms with Gasteiger partial charge in [-0.1, -0.05) is 32.9 Å². The summed E-state index contributed by atoms with van der Waals surface area (Å²) in [5, 5.41) is 10.5. The summed E-state index contributed by atoms with van der Waals surface area (Å²) in [6.07, 6.45) is 1.42. The van der Waals surface area contributed by atoms with E-state index in [2.05, 4.69) is 36.4 Å². The van der Waals surface area contributed by atoms with Crippen molar-refractivity contribution < 1.29 is 9.59 Å². The summed E-state index contributed by atoms with van der Waals surface area (Å²) >= 11 is 0. The van der Waals surface area contributed by atoms with Gasteiger partial charge >= 0.3 is 6.03 Å². The third-order valence-corrected chi connectivity index (χ3v) is 5.41. The maximum atomic E-state index is 12.8. The van der Waals surface area contributed by atoms with E-state index in [1.165, 1.54) is 6.33 Å². The fraction of sp³-hybridized carbons (Fsp3) is 0.200. The Hall–Kier alpha value is -4.60. The maximum Gasteiger partial charge on any atom is 0.324 e. The number of nitrogen functional groups attached to an aromatic ring is 1. The van der Waals surface area contributed by atoms with E-state index in [4.69, 9.17) is 16.6 Å². The summed E-state index contributed by atoms with van der Waals surface area (Å²) < 4.78 is 3.27. The van der Waals surface area contributed by atoms with Crippen molar-refractivity contribution in [3.8, 4) is 11.4 Å². The second kappa shape index (κ2) is 8.98. The normalized spacial score (nSPS) is 11.3. The minimum Gasteiger partial charge on any atom is -0.383 e. The summed E-state index contributed by atoms with van der Waals surface area (Å²) in [6, 6.07) is 16.3. The van der Waals surface area contributed by atoms with Crippen LogP contribution in [0.4, 0.5) is 22.1 Å². The van der Waals surface area contributed by atoms with Crippen molar-refractivity contribution in [2.75, 3.05) is 16.4 Å². The van der Waals surface area contributed by atoms with Gasteiger partial charge in [0.1, 0.15) is 18.0 Å². The second-order valence-corrected chi connectivity index (χ2v) is 9.25. The van der Waals surface area contributed by atoms with Gasteiger partial charge in [0.25, 0.3) is 5.91 Å². The monoisotopic (exact) mass is 472 g/mol. The topological polar surface area (TPSA) is 146 Å². The number of imidazole rings is 1. The molecular formula is C25H28N8O2. The van der Waals surface area contributed by atoms with E-state index in [0.717, 1.165) is 16.9 Å². The first-order valence-electron chi connectivity index (χ1n) is 11.0. The van der Waals surface area contributed by atoms with Gasteiger partial charge in [-0.2, -0.15) is 5.10 Å². The van der Waals surface area contributed by atoms with E-state index in [-0.39, 0.29) is 16.9 Å². The third kappa shape index (κ3) is 5.01. The Morgan fingerprint density at radius 2 is 1.69 bits per heavy atom. The number of nitrogens with zero attached hydrogens (tertiary/aromatic N) is 4. The molecule has 2 aromatic carbocycles. The molecule has 2 heterocycles. The second-order valence-electron chi connectivity index (χ2n) is 9.25. The van der Waals surface area contributed by atoms with Gasteiger partial charge in [0.2, 0.25) is 0 Å². The summed E-state index contributed by atoms with van der Waals surface area (Å²) in [7, 11) is 0. The van der Waals surface area contributed by atoms with Crippen molar-refractivity contribution >= 4 is 29.3 Å². The summed E-state index contributed by atoms with van der Waals surface area (Å²) in [5.74, 6) is 0.00515. The molecule has 0 aliphatic carbocycles. The van der Waals surface area contributed by atoms with Crippen LogP contribution in [0, 0.1) is 6.92 Å². The zero-order chi connectivity index (χ0) is 25.3. The van der Waals surface area contributed by atoms with Crippen LogP contribution in [0.5, 0.6) is 0 Å². The number of anilines is 3. The molecule has 10 heteroatoms. The Morgan fingerprint density at radius 3 is 2.29 bits per heavy atom. The van der Waals surface area contributed by atoms with Gasteiger partial charge in [0, 0.05) is 22.9 Å². The molecule has 180 valence electrons. The molecule has 0 spiro atoms.